The molecule has 0 spiro atoms. The molecule has 0 bridgehead atoms. The largest absolute Gasteiger partial charge is 0.493 e. The quantitative estimate of drug-likeness (QED) is 0.697. The number of H-pyrrole nitrogens is 1. The second kappa shape index (κ2) is 7.90. The summed E-state index contributed by atoms with van der Waals surface area (Å²) in [4.78, 5) is 15.1. The van der Waals surface area contributed by atoms with Crippen LogP contribution in [0.25, 0.3) is 0 Å². The summed E-state index contributed by atoms with van der Waals surface area (Å²) in [6.45, 7) is 4.07. The smallest absolute Gasteiger partial charge is 0.274 e. The maximum atomic E-state index is 12.4. The van der Waals surface area contributed by atoms with Gasteiger partial charge in [-0.25, -0.2) is 0 Å². The van der Waals surface area contributed by atoms with E-state index in [1.807, 2.05) is 44.2 Å². The lowest BCUT2D eigenvalue weighted by Crippen LogP contribution is -2.19. The first-order chi connectivity index (χ1) is 13.0. The predicted molar refractivity (Wildman–Crippen MR) is 104 cm³/mol. The Kier molecular flexibility index (Phi) is 5.40. The van der Waals surface area contributed by atoms with Crippen LogP contribution in [0.5, 0.6) is 11.5 Å². The van der Waals surface area contributed by atoms with Crippen LogP contribution in [0.2, 0.25) is 0 Å². The number of methoxy groups -OCH3 is 2. The van der Waals surface area contributed by atoms with Crippen LogP contribution < -0.4 is 20.3 Å². The van der Waals surface area contributed by atoms with E-state index in [0.29, 0.717) is 29.6 Å². The molecule has 0 unspecified atom stereocenters. The average Bonchev–Trinajstić information content (AvgIpc) is 2.66. The van der Waals surface area contributed by atoms with E-state index in [4.69, 9.17) is 9.47 Å². The van der Waals surface area contributed by atoms with Crippen LogP contribution in [0.15, 0.2) is 41.2 Å². The highest BCUT2D eigenvalue weighted by Gasteiger charge is 2.10. The monoisotopic (exact) mass is 366 g/mol. The number of hydrogen-bond donors (Lipinski definition) is 2. The number of nitrogens with zero attached hydrogens (tertiary/aromatic N) is 2. The highest BCUT2D eigenvalue weighted by molar-refractivity contribution is 5.55. The Labute approximate surface area is 157 Å². The zero-order valence-electron chi connectivity index (χ0n) is 15.8. The number of ether oxygens (including phenoxy) is 2. The van der Waals surface area contributed by atoms with Gasteiger partial charge in [0.15, 0.2) is 11.5 Å². The molecule has 2 N–H and O–H groups in total. The Bertz CT molecular complexity index is 1010. The molecule has 0 aliphatic rings. The van der Waals surface area contributed by atoms with E-state index in [1.165, 1.54) is 5.56 Å². The van der Waals surface area contributed by atoms with Gasteiger partial charge in [-0.3, -0.25) is 9.78 Å². The van der Waals surface area contributed by atoms with Crippen molar-refractivity contribution in [3.8, 4) is 11.5 Å². The SMILES string of the molecule is COc1ccc(Cc2nnc(Nc3ccc(C)c(C)c3)[nH]c2=O)cc1OC. The van der Waals surface area contributed by atoms with Gasteiger partial charge in [0.1, 0.15) is 5.69 Å². The standard InChI is InChI=1S/C20H22N4O3/c1-12-5-7-15(9-13(12)2)21-20-22-19(25)16(23-24-20)10-14-6-8-17(26-3)18(11-14)27-4/h5-9,11H,10H2,1-4H3,(H2,21,22,24,25). The van der Waals surface area contributed by atoms with Crippen molar-refractivity contribution in [2.24, 2.45) is 0 Å². The molecule has 0 aliphatic heterocycles. The molecule has 0 saturated carbocycles. The number of nitrogens with one attached hydrogen (secondary N) is 2. The van der Waals surface area contributed by atoms with Crippen LogP contribution in [-0.4, -0.2) is 29.4 Å². The maximum Gasteiger partial charge on any atom is 0.274 e. The minimum Gasteiger partial charge on any atom is -0.493 e. The molecule has 0 saturated heterocycles. The molecule has 27 heavy (non-hydrogen) atoms. The number of rotatable bonds is 6. The number of aromatic amines is 1. The van der Waals surface area contributed by atoms with Crippen molar-refractivity contribution in [2.45, 2.75) is 20.3 Å². The van der Waals surface area contributed by atoms with Crippen molar-refractivity contribution in [1.82, 2.24) is 15.2 Å². The molecule has 0 amide bonds. The molecule has 7 heteroatoms. The van der Waals surface area contributed by atoms with Gasteiger partial charge in [-0.15, -0.1) is 10.2 Å². The summed E-state index contributed by atoms with van der Waals surface area (Å²) in [5.41, 5.74) is 4.11. The van der Waals surface area contributed by atoms with Gasteiger partial charge in [-0.2, -0.15) is 0 Å². The molecule has 0 atom stereocenters. The summed E-state index contributed by atoms with van der Waals surface area (Å²) in [5.74, 6) is 1.54. The summed E-state index contributed by atoms with van der Waals surface area (Å²) in [6, 6.07) is 11.4. The van der Waals surface area contributed by atoms with Gasteiger partial charge in [0, 0.05) is 12.1 Å². The zero-order chi connectivity index (χ0) is 19.4. The first-order valence-electron chi connectivity index (χ1n) is 8.51. The van der Waals surface area contributed by atoms with E-state index in [1.54, 1.807) is 20.3 Å². The van der Waals surface area contributed by atoms with E-state index in [-0.39, 0.29) is 5.56 Å². The van der Waals surface area contributed by atoms with E-state index in [9.17, 15) is 4.79 Å². The second-order valence-corrected chi connectivity index (χ2v) is 6.24. The van der Waals surface area contributed by atoms with Gasteiger partial charge in [-0.05, 0) is 54.8 Å². The maximum absolute atomic E-state index is 12.4. The van der Waals surface area contributed by atoms with Crippen LogP contribution in [0.4, 0.5) is 11.6 Å². The highest BCUT2D eigenvalue weighted by Crippen LogP contribution is 2.28. The average molecular weight is 366 g/mol. The molecule has 3 aromatic rings. The fourth-order valence-corrected chi connectivity index (χ4v) is 2.67. The van der Waals surface area contributed by atoms with E-state index < -0.39 is 0 Å². The Balaban J connectivity index is 1.78. The summed E-state index contributed by atoms with van der Waals surface area (Å²) >= 11 is 0. The van der Waals surface area contributed by atoms with Crippen LogP contribution >= 0.6 is 0 Å². The van der Waals surface area contributed by atoms with Gasteiger partial charge in [0.2, 0.25) is 5.95 Å². The number of anilines is 2. The normalized spacial score (nSPS) is 10.5. The minimum absolute atomic E-state index is 0.286. The van der Waals surface area contributed by atoms with Gasteiger partial charge in [0.05, 0.1) is 14.2 Å². The van der Waals surface area contributed by atoms with Gasteiger partial charge in [-0.1, -0.05) is 12.1 Å². The van der Waals surface area contributed by atoms with Crippen molar-refractivity contribution in [1.29, 1.82) is 0 Å². The summed E-state index contributed by atoms with van der Waals surface area (Å²) in [7, 11) is 3.15. The molecular weight excluding hydrogens is 344 g/mol. The molecule has 140 valence electrons. The van der Waals surface area contributed by atoms with Crippen molar-refractivity contribution in [3.05, 3.63) is 69.1 Å². The Hall–Kier alpha value is -3.35. The van der Waals surface area contributed by atoms with Crippen molar-refractivity contribution in [3.63, 3.8) is 0 Å². The number of aryl methyl sites for hydroxylation is 2. The van der Waals surface area contributed by atoms with Crippen LogP contribution in [0.3, 0.4) is 0 Å². The fourth-order valence-electron chi connectivity index (χ4n) is 2.67. The molecule has 7 nitrogen and oxygen atoms in total. The van der Waals surface area contributed by atoms with E-state index in [0.717, 1.165) is 16.8 Å². The first kappa shape index (κ1) is 18.4. The van der Waals surface area contributed by atoms with Crippen molar-refractivity contribution in [2.75, 3.05) is 19.5 Å². The third-order valence-corrected chi connectivity index (χ3v) is 4.35. The summed E-state index contributed by atoms with van der Waals surface area (Å²) in [5, 5.41) is 11.2. The third kappa shape index (κ3) is 4.25. The van der Waals surface area contributed by atoms with Gasteiger partial charge < -0.3 is 14.8 Å². The Morgan fingerprint density at radius 2 is 1.74 bits per heavy atom. The number of aromatic nitrogens is 3. The topological polar surface area (TPSA) is 89.1 Å². The lowest BCUT2D eigenvalue weighted by molar-refractivity contribution is 0.354. The van der Waals surface area contributed by atoms with Crippen molar-refractivity contribution < 1.29 is 9.47 Å². The lowest BCUT2D eigenvalue weighted by atomic mass is 10.1. The van der Waals surface area contributed by atoms with Crippen molar-refractivity contribution >= 4 is 11.6 Å². The summed E-state index contributed by atoms with van der Waals surface area (Å²) < 4.78 is 10.5. The fraction of sp³-hybridized carbons (Fsp3) is 0.250. The molecular formula is C20H22N4O3. The zero-order valence-corrected chi connectivity index (χ0v) is 15.8. The first-order valence-corrected chi connectivity index (χ1v) is 8.51. The number of hydrogen-bond acceptors (Lipinski definition) is 6. The van der Waals surface area contributed by atoms with E-state index in [2.05, 4.69) is 20.5 Å². The molecule has 3 rings (SSSR count). The minimum atomic E-state index is -0.286. The van der Waals surface area contributed by atoms with E-state index >= 15 is 0 Å². The van der Waals surface area contributed by atoms with Gasteiger partial charge >= 0.3 is 0 Å². The molecule has 1 heterocycles. The predicted octanol–water partition coefficient (Wildman–Crippen LogP) is 3.13. The molecule has 0 radical (unpaired) electrons. The Morgan fingerprint density at radius 1 is 0.963 bits per heavy atom. The molecule has 2 aromatic carbocycles. The lowest BCUT2D eigenvalue weighted by Gasteiger charge is -2.10. The third-order valence-electron chi connectivity index (χ3n) is 4.35. The highest BCUT2D eigenvalue weighted by atomic mass is 16.5. The van der Waals surface area contributed by atoms with Crippen LogP contribution in [0.1, 0.15) is 22.4 Å². The van der Waals surface area contributed by atoms with Crippen LogP contribution in [0, 0.1) is 13.8 Å². The molecule has 0 fully saturated rings. The number of benzene rings is 2. The van der Waals surface area contributed by atoms with Crippen LogP contribution in [-0.2, 0) is 6.42 Å². The molecule has 0 aliphatic carbocycles. The Morgan fingerprint density at radius 3 is 2.41 bits per heavy atom. The molecule has 1 aromatic heterocycles. The second-order valence-electron chi connectivity index (χ2n) is 6.24. The summed E-state index contributed by atoms with van der Waals surface area (Å²) in [6.07, 6.45) is 0.340. The van der Waals surface area contributed by atoms with Gasteiger partial charge in [0.25, 0.3) is 5.56 Å².